The van der Waals surface area contributed by atoms with Gasteiger partial charge in [-0.25, -0.2) is 4.98 Å². The number of nitrogens with zero attached hydrogens (tertiary/aromatic N) is 5. The highest BCUT2D eigenvalue weighted by Crippen LogP contribution is 2.26. The molecule has 0 aromatic carbocycles. The maximum atomic E-state index is 5.96. The Bertz CT molecular complexity index is 602. The summed E-state index contributed by atoms with van der Waals surface area (Å²) in [7, 11) is 0. The molecule has 2 aromatic heterocycles. The number of hydrogen-bond donors (Lipinski definition) is 0. The van der Waals surface area contributed by atoms with E-state index in [-0.39, 0.29) is 5.28 Å². The fourth-order valence-electron chi connectivity index (χ4n) is 1.73. The number of hydrogen-bond acceptors (Lipinski definition) is 8. The summed E-state index contributed by atoms with van der Waals surface area (Å²) in [5, 5.41) is 1.11. The summed E-state index contributed by atoms with van der Waals surface area (Å²) in [6.45, 7) is 4.65. The molecule has 3 rings (SSSR count). The molecule has 20 heavy (non-hydrogen) atoms. The van der Waals surface area contributed by atoms with E-state index < -0.39 is 0 Å². The number of aryl methyl sites for hydroxylation is 1. The summed E-state index contributed by atoms with van der Waals surface area (Å²) in [4.78, 5) is 18.8. The van der Waals surface area contributed by atoms with Crippen LogP contribution in [0.4, 0.5) is 5.95 Å². The van der Waals surface area contributed by atoms with E-state index in [2.05, 4.69) is 19.9 Å². The van der Waals surface area contributed by atoms with Gasteiger partial charge in [0.2, 0.25) is 16.4 Å². The molecule has 1 aliphatic rings. The Morgan fingerprint density at radius 1 is 1.20 bits per heavy atom. The van der Waals surface area contributed by atoms with Gasteiger partial charge in [0.05, 0.1) is 18.9 Å². The number of aromatic nitrogens is 4. The van der Waals surface area contributed by atoms with Crippen molar-refractivity contribution in [2.75, 3.05) is 31.2 Å². The van der Waals surface area contributed by atoms with Gasteiger partial charge in [-0.05, 0) is 18.5 Å². The van der Waals surface area contributed by atoms with E-state index in [1.54, 1.807) is 6.26 Å². The third-order valence-electron chi connectivity index (χ3n) is 2.65. The van der Waals surface area contributed by atoms with Crippen LogP contribution in [0.25, 0.3) is 0 Å². The Kier molecular flexibility index (Phi) is 4.04. The Hall–Kier alpha value is -1.38. The second kappa shape index (κ2) is 5.94. The third-order valence-corrected chi connectivity index (χ3v) is 3.54. The average Bonchev–Trinajstić information content (AvgIpc) is 2.84. The van der Waals surface area contributed by atoms with Crippen LogP contribution in [0.1, 0.15) is 5.69 Å². The lowest BCUT2D eigenvalue weighted by Gasteiger charge is -2.26. The van der Waals surface area contributed by atoms with Gasteiger partial charge in [-0.2, -0.15) is 15.0 Å². The number of morpholine rings is 1. The van der Waals surface area contributed by atoms with Crippen LogP contribution in [0.5, 0.6) is 0 Å². The molecule has 3 heterocycles. The lowest BCUT2D eigenvalue weighted by molar-refractivity contribution is 0.122. The molecule has 2 aromatic rings. The van der Waals surface area contributed by atoms with Gasteiger partial charge in [0, 0.05) is 24.9 Å². The van der Waals surface area contributed by atoms with Gasteiger partial charge in [-0.3, -0.25) is 0 Å². The second-order valence-electron chi connectivity index (χ2n) is 4.14. The maximum absolute atomic E-state index is 5.96. The van der Waals surface area contributed by atoms with Crippen LogP contribution in [-0.4, -0.2) is 46.2 Å². The molecule has 0 radical (unpaired) electrons. The molecule has 0 atom stereocenters. The van der Waals surface area contributed by atoms with Crippen molar-refractivity contribution in [1.82, 2.24) is 19.9 Å². The van der Waals surface area contributed by atoms with Gasteiger partial charge < -0.3 is 14.1 Å². The van der Waals surface area contributed by atoms with Crippen LogP contribution in [0.2, 0.25) is 5.28 Å². The van der Waals surface area contributed by atoms with Crippen molar-refractivity contribution in [3.05, 3.63) is 17.2 Å². The van der Waals surface area contributed by atoms with E-state index in [9.17, 15) is 0 Å². The number of anilines is 1. The first kappa shape index (κ1) is 13.6. The molecule has 7 nitrogen and oxygen atoms in total. The molecule has 0 saturated carbocycles. The zero-order valence-electron chi connectivity index (χ0n) is 10.7. The van der Waals surface area contributed by atoms with Crippen LogP contribution >= 0.6 is 23.4 Å². The molecular formula is C11H12ClN5O2S. The van der Waals surface area contributed by atoms with Crippen LogP contribution in [0.3, 0.4) is 0 Å². The molecule has 1 aliphatic heterocycles. The summed E-state index contributed by atoms with van der Waals surface area (Å²) < 4.78 is 10.6. The van der Waals surface area contributed by atoms with Crippen molar-refractivity contribution in [3.63, 3.8) is 0 Å². The average molecular weight is 314 g/mol. The van der Waals surface area contributed by atoms with Crippen LogP contribution in [-0.2, 0) is 4.74 Å². The predicted molar refractivity (Wildman–Crippen MR) is 73.2 cm³/mol. The lowest BCUT2D eigenvalue weighted by Crippen LogP contribution is -2.37. The topological polar surface area (TPSA) is 77.2 Å². The zero-order valence-corrected chi connectivity index (χ0v) is 12.3. The summed E-state index contributed by atoms with van der Waals surface area (Å²) in [5.74, 6) is 0.555. The highest BCUT2D eigenvalue weighted by molar-refractivity contribution is 7.98. The lowest BCUT2D eigenvalue weighted by atomic mass is 10.4. The third kappa shape index (κ3) is 3.20. The molecule has 0 N–H and O–H groups in total. The summed E-state index contributed by atoms with van der Waals surface area (Å²) in [5.41, 5.74) is 0.807. The number of oxazole rings is 1. The molecule has 0 aliphatic carbocycles. The highest BCUT2D eigenvalue weighted by Gasteiger charge is 2.17. The molecule has 106 valence electrons. The SMILES string of the molecule is Cc1coc(Sc2nc(Cl)nc(N3CCOCC3)n2)n1. The maximum Gasteiger partial charge on any atom is 0.263 e. The van der Waals surface area contributed by atoms with Gasteiger partial charge in [0.15, 0.2) is 0 Å². The fraction of sp³-hybridized carbons (Fsp3) is 0.455. The molecule has 0 bridgehead atoms. The smallest absolute Gasteiger partial charge is 0.263 e. The monoisotopic (exact) mass is 313 g/mol. The van der Waals surface area contributed by atoms with E-state index in [1.807, 2.05) is 11.8 Å². The summed E-state index contributed by atoms with van der Waals surface area (Å²) in [6.07, 6.45) is 1.58. The van der Waals surface area contributed by atoms with Crippen molar-refractivity contribution in [3.8, 4) is 0 Å². The molecule has 1 fully saturated rings. The first-order chi connectivity index (χ1) is 9.70. The molecule has 9 heteroatoms. The fourth-order valence-corrected chi connectivity index (χ4v) is 2.64. The van der Waals surface area contributed by atoms with E-state index in [1.165, 1.54) is 11.8 Å². The summed E-state index contributed by atoms with van der Waals surface area (Å²) >= 11 is 7.17. The molecule has 1 saturated heterocycles. The normalized spacial score (nSPS) is 15.6. The van der Waals surface area contributed by atoms with E-state index in [4.69, 9.17) is 20.8 Å². The molecular weight excluding hydrogens is 302 g/mol. The largest absolute Gasteiger partial charge is 0.439 e. The minimum Gasteiger partial charge on any atom is -0.439 e. The van der Waals surface area contributed by atoms with Gasteiger partial charge in [0.25, 0.3) is 5.22 Å². The Balaban J connectivity index is 1.82. The minimum absolute atomic E-state index is 0.160. The predicted octanol–water partition coefficient (Wildman–Crippen LogP) is 1.81. The first-order valence-electron chi connectivity index (χ1n) is 6.05. The van der Waals surface area contributed by atoms with Crippen molar-refractivity contribution < 1.29 is 9.15 Å². The van der Waals surface area contributed by atoms with Gasteiger partial charge >= 0.3 is 0 Å². The van der Waals surface area contributed by atoms with Gasteiger partial charge in [-0.15, -0.1) is 0 Å². The van der Waals surface area contributed by atoms with Crippen molar-refractivity contribution in [2.45, 2.75) is 17.3 Å². The van der Waals surface area contributed by atoms with E-state index in [0.717, 1.165) is 18.8 Å². The zero-order chi connectivity index (χ0) is 13.9. The van der Waals surface area contributed by atoms with Crippen LogP contribution < -0.4 is 4.90 Å². The Morgan fingerprint density at radius 3 is 2.70 bits per heavy atom. The van der Waals surface area contributed by atoms with E-state index in [0.29, 0.717) is 29.5 Å². The Labute approximate surface area is 124 Å². The highest BCUT2D eigenvalue weighted by atomic mass is 35.5. The van der Waals surface area contributed by atoms with Crippen molar-refractivity contribution in [2.24, 2.45) is 0 Å². The molecule has 0 unspecified atom stereocenters. The second-order valence-corrected chi connectivity index (χ2v) is 5.40. The molecule has 0 spiro atoms. The van der Waals surface area contributed by atoms with Crippen molar-refractivity contribution >= 4 is 29.3 Å². The first-order valence-corrected chi connectivity index (χ1v) is 7.24. The standard InChI is InChI=1S/C11H12ClN5O2S/c1-7-6-19-11(13-7)20-10-15-8(12)14-9(16-10)17-2-4-18-5-3-17/h6H,2-5H2,1H3. The number of rotatable bonds is 3. The minimum atomic E-state index is 0.160. The van der Waals surface area contributed by atoms with Crippen LogP contribution in [0, 0.1) is 6.92 Å². The Morgan fingerprint density at radius 2 is 2.00 bits per heavy atom. The van der Waals surface area contributed by atoms with Gasteiger partial charge in [0.1, 0.15) is 6.26 Å². The van der Waals surface area contributed by atoms with Crippen molar-refractivity contribution in [1.29, 1.82) is 0 Å². The molecule has 0 amide bonds. The van der Waals surface area contributed by atoms with Gasteiger partial charge in [-0.1, -0.05) is 0 Å². The quantitative estimate of drug-likeness (QED) is 0.849. The van der Waals surface area contributed by atoms with E-state index >= 15 is 0 Å². The summed E-state index contributed by atoms with van der Waals surface area (Å²) in [6, 6.07) is 0. The van der Waals surface area contributed by atoms with Crippen LogP contribution in [0.15, 0.2) is 21.1 Å². The number of halogens is 1. The number of ether oxygens (including phenoxy) is 1.